The van der Waals surface area contributed by atoms with Crippen molar-refractivity contribution in [2.75, 3.05) is 6.54 Å². The van der Waals surface area contributed by atoms with Gasteiger partial charge in [0.25, 0.3) is 15.0 Å². The summed E-state index contributed by atoms with van der Waals surface area (Å²) in [5.41, 5.74) is 0.370. The van der Waals surface area contributed by atoms with Crippen LogP contribution in [-0.4, -0.2) is 25.4 Å². The molecule has 1 aliphatic carbocycles. The van der Waals surface area contributed by atoms with Gasteiger partial charge in [0.1, 0.15) is 10.6 Å². The molecule has 1 saturated carbocycles. The third kappa shape index (κ3) is 3.55. The number of aromatic nitrogens is 1. The molecular formula is C13H19ClN2O3S. The van der Waals surface area contributed by atoms with Crippen LogP contribution in [0.2, 0.25) is 0 Å². The Morgan fingerprint density at radius 3 is 2.70 bits per heavy atom. The third-order valence-electron chi connectivity index (χ3n) is 3.59. The molecule has 20 heavy (non-hydrogen) atoms. The van der Waals surface area contributed by atoms with Gasteiger partial charge in [0, 0.05) is 29.5 Å². The van der Waals surface area contributed by atoms with Crippen LogP contribution < -0.4 is 5.32 Å². The smallest absolute Gasteiger partial charge is 0.267 e. The van der Waals surface area contributed by atoms with E-state index >= 15 is 0 Å². The second-order valence-corrected chi connectivity index (χ2v) is 7.93. The van der Waals surface area contributed by atoms with Crippen LogP contribution in [0.4, 0.5) is 0 Å². The summed E-state index contributed by atoms with van der Waals surface area (Å²) < 4.78 is 24.5. The zero-order valence-electron chi connectivity index (χ0n) is 11.6. The van der Waals surface area contributed by atoms with Gasteiger partial charge in [0.15, 0.2) is 0 Å². The van der Waals surface area contributed by atoms with E-state index in [1.807, 2.05) is 0 Å². The van der Waals surface area contributed by atoms with Gasteiger partial charge < -0.3 is 9.88 Å². The van der Waals surface area contributed by atoms with Crippen molar-refractivity contribution in [3.8, 4) is 0 Å². The summed E-state index contributed by atoms with van der Waals surface area (Å²) >= 11 is 0. The zero-order chi connectivity index (χ0) is 14.9. The minimum atomic E-state index is -3.81. The van der Waals surface area contributed by atoms with Gasteiger partial charge in [-0.05, 0) is 24.8 Å². The first-order valence-electron chi connectivity index (χ1n) is 6.77. The Morgan fingerprint density at radius 2 is 2.20 bits per heavy atom. The molecule has 0 aliphatic heterocycles. The third-order valence-corrected chi connectivity index (χ3v) is 4.91. The second-order valence-electron chi connectivity index (χ2n) is 5.36. The van der Waals surface area contributed by atoms with Crippen molar-refractivity contribution in [2.24, 2.45) is 5.92 Å². The molecule has 0 spiro atoms. The lowest BCUT2D eigenvalue weighted by molar-refractivity contribution is 0.0938. The number of nitrogens with one attached hydrogen (secondary N) is 1. The first-order chi connectivity index (χ1) is 9.32. The summed E-state index contributed by atoms with van der Waals surface area (Å²) in [7, 11) is 1.54. The van der Waals surface area contributed by atoms with Crippen LogP contribution >= 0.6 is 10.7 Å². The molecule has 2 rings (SSSR count). The summed E-state index contributed by atoms with van der Waals surface area (Å²) in [6, 6.07) is 1.57. The minimum Gasteiger partial charge on any atom is -0.350 e. The lowest BCUT2D eigenvalue weighted by Crippen LogP contribution is -2.29. The van der Waals surface area contributed by atoms with Crippen LogP contribution in [0.1, 0.15) is 49.6 Å². The number of amides is 1. The van der Waals surface area contributed by atoms with Gasteiger partial charge in [0.2, 0.25) is 0 Å². The highest BCUT2D eigenvalue weighted by atomic mass is 35.7. The van der Waals surface area contributed by atoms with Gasteiger partial charge in [-0.2, -0.15) is 0 Å². The number of hydrogen-bond donors (Lipinski definition) is 1. The predicted octanol–water partition coefficient (Wildman–Crippen LogP) is 2.53. The quantitative estimate of drug-likeness (QED) is 0.819. The van der Waals surface area contributed by atoms with Crippen LogP contribution in [0.25, 0.3) is 0 Å². The van der Waals surface area contributed by atoms with E-state index in [1.54, 1.807) is 4.57 Å². The number of nitrogens with zero attached hydrogens (tertiary/aromatic N) is 1. The number of rotatable bonds is 6. The molecule has 1 aromatic rings. The topological polar surface area (TPSA) is 68.2 Å². The Hall–Kier alpha value is -1.01. The highest BCUT2D eigenvalue weighted by molar-refractivity contribution is 8.13. The molecule has 0 radical (unpaired) electrons. The number of carbonyl (C=O) groups excluding carboxylic acids is 1. The van der Waals surface area contributed by atoms with Crippen molar-refractivity contribution >= 4 is 25.6 Å². The van der Waals surface area contributed by atoms with Crippen LogP contribution in [-0.2, 0) is 9.05 Å². The molecule has 1 aromatic heterocycles. The first kappa shape index (κ1) is 15.4. The number of hydrogen-bond acceptors (Lipinski definition) is 3. The van der Waals surface area contributed by atoms with Crippen LogP contribution in [0.3, 0.4) is 0 Å². The Kier molecular flexibility index (Phi) is 4.44. The lowest BCUT2D eigenvalue weighted by Gasteiger charge is -2.11. The minimum absolute atomic E-state index is 0.0141. The molecule has 1 N–H and O–H groups in total. The fourth-order valence-corrected chi connectivity index (χ4v) is 2.67. The summed E-state index contributed by atoms with van der Waals surface area (Å²) in [6.45, 7) is 4.69. The highest BCUT2D eigenvalue weighted by Crippen LogP contribution is 2.37. The Labute approximate surface area is 123 Å². The fourth-order valence-electron chi connectivity index (χ4n) is 1.93. The van der Waals surface area contributed by atoms with E-state index in [2.05, 4.69) is 19.2 Å². The van der Waals surface area contributed by atoms with Crippen LogP contribution in [0.15, 0.2) is 17.2 Å². The van der Waals surface area contributed by atoms with Crippen molar-refractivity contribution in [1.29, 1.82) is 0 Å². The molecule has 0 aromatic carbocycles. The average Bonchev–Trinajstić information content (AvgIpc) is 3.12. The Balaban J connectivity index is 2.21. The van der Waals surface area contributed by atoms with E-state index in [9.17, 15) is 13.2 Å². The molecule has 1 atom stereocenters. The zero-order valence-corrected chi connectivity index (χ0v) is 13.2. The van der Waals surface area contributed by atoms with Gasteiger partial charge in [-0.3, -0.25) is 4.79 Å². The summed E-state index contributed by atoms with van der Waals surface area (Å²) in [6.07, 6.45) is 4.35. The normalized spacial score (nSPS) is 16.9. The molecule has 7 heteroatoms. The highest BCUT2D eigenvalue weighted by Gasteiger charge is 2.30. The average molecular weight is 319 g/mol. The molecule has 0 saturated heterocycles. The van der Waals surface area contributed by atoms with Crippen molar-refractivity contribution in [1.82, 2.24) is 9.88 Å². The first-order valence-corrected chi connectivity index (χ1v) is 9.08. The number of halogens is 1. The molecule has 0 bridgehead atoms. The van der Waals surface area contributed by atoms with Crippen molar-refractivity contribution in [3.05, 3.63) is 18.0 Å². The van der Waals surface area contributed by atoms with Crippen LogP contribution in [0, 0.1) is 5.92 Å². The fraction of sp³-hybridized carbons (Fsp3) is 0.615. The lowest BCUT2D eigenvalue weighted by atomic mass is 10.1. The van der Waals surface area contributed by atoms with Crippen molar-refractivity contribution in [2.45, 2.75) is 44.0 Å². The molecule has 1 amide bonds. The van der Waals surface area contributed by atoms with Gasteiger partial charge in [0.05, 0.1) is 0 Å². The summed E-state index contributed by atoms with van der Waals surface area (Å²) in [4.78, 5) is 12.2. The molecule has 1 heterocycles. The van der Waals surface area contributed by atoms with Gasteiger partial charge in [-0.1, -0.05) is 20.3 Å². The van der Waals surface area contributed by atoms with Gasteiger partial charge in [-0.25, -0.2) is 8.42 Å². The maximum Gasteiger partial charge on any atom is 0.267 e. The number of carbonyl (C=O) groups is 1. The SMILES string of the molecule is CCC(C)CNC(=O)c1cc(S(=O)(=O)Cl)cn1C1CC1. The monoisotopic (exact) mass is 318 g/mol. The molecule has 112 valence electrons. The van der Waals surface area contributed by atoms with Crippen molar-refractivity contribution in [3.63, 3.8) is 0 Å². The molecule has 1 fully saturated rings. The van der Waals surface area contributed by atoms with E-state index in [4.69, 9.17) is 10.7 Å². The molecular weight excluding hydrogens is 300 g/mol. The molecule has 1 aliphatic rings. The van der Waals surface area contributed by atoms with Gasteiger partial charge >= 0.3 is 0 Å². The second kappa shape index (κ2) is 5.77. The Morgan fingerprint density at radius 1 is 1.55 bits per heavy atom. The van der Waals surface area contributed by atoms with Crippen molar-refractivity contribution < 1.29 is 13.2 Å². The van der Waals surface area contributed by atoms with E-state index < -0.39 is 9.05 Å². The molecule has 1 unspecified atom stereocenters. The van der Waals surface area contributed by atoms with E-state index in [0.29, 0.717) is 18.2 Å². The van der Waals surface area contributed by atoms with E-state index in [1.165, 1.54) is 12.3 Å². The Bertz CT molecular complexity index is 605. The predicted molar refractivity (Wildman–Crippen MR) is 77.5 cm³/mol. The summed E-state index contributed by atoms with van der Waals surface area (Å²) in [5.74, 6) is 0.142. The van der Waals surface area contributed by atoms with Gasteiger partial charge in [-0.15, -0.1) is 0 Å². The van der Waals surface area contributed by atoms with Crippen LogP contribution in [0.5, 0.6) is 0 Å². The van der Waals surface area contributed by atoms with E-state index in [-0.39, 0.29) is 16.8 Å². The molecule has 5 nitrogen and oxygen atoms in total. The summed E-state index contributed by atoms with van der Waals surface area (Å²) in [5, 5.41) is 2.84. The largest absolute Gasteiger partial charge is 0.350 e. The van der Waals surface area contributed by atoms with E-state index in [0.717, 1.165) is 19.3 Å². The maximum absolute atomic E-state index is 12.2. The standard InChI is InChI=1S/C13H19ClN2O3S/c1-3-9(2)7-15-13(17)12-6-11(20(14,18)19)8-16(12)10-4-5-10/h6,8-10H,3-5,7H2,1-2H3,(H,15,17). The maximum atomic E-state index is 12.2.